The van der Waals surface area contributed by atoms with E-state index in [1.807, 2.05) is 0 Å². The molecule has 0 aliphatic carbocycles. The molecule has 1 amide bonds. The highest BCUT2D eigenvalue weighted by molar-refractivity contribution is 6.13. The molecule has 0 radical (unpaired) electrons. The van der Waals surface area contributed by atoms with E-state index in [4.69, 9.17) is 0 Å². The van der Waals surface area contributed by atoms with Crippen LogP contribution in [0.1, 0.15) is 12.5 Å². The Morgan fingerprint density at radius 3 is 2.86 bits per heavy atom. The molecular formula is C10H10N2O2. The number of hydrogen-bond acceptors (Lipinski definition) is 3. The molecule has 0 saturated carbocycles. The van der Waals surface area contributed by atoms with Gasteiger partial charge in [-0.1, -0.05) is 12.1 Å². The van der Waals surface area contributed by atoms with Gasteiger partial charge in [-0.15, -0.1) is 0 Å². The van der Waals surface area contributed by atoms with Gasteiger partial charge in [0.15, 0.2) is 0 Å². The smallest absolute Gasteiger partial charge is 0.250 e. The summed E-state index contributed by atoms with van der Waals surface area (Å²) in [6.07, 6.45) is 0. The molecule has 1 aromatic carbocycles. The number of carbonyl (C=O) groups excluding carboxylic acids is 1. The van der Waals surface area contributed by atoms with E-state index in [1.165, 1.54) is 0 Å². The summed E-state index contributed by atoms with van der Waals surface area (Å²) in [7, 11) is 0. The minimum Gasteiger partial charge on any atom is -0.508 e. The number of aromatic hydroxyl groups is 1. The average molecular weight is 190 g/mol. The van der Waals surface area contributed by atoms with Crippen LogP contribution >= 0.6 is 0 Å². The average Bonchev–Trinajstić information content (AvgIpc) is 2.47. The summed E-state index contributed by atoms with van der Waals surface area (Å²) in [6.45, 7) is 1.73. The van der Waals surface area contributed by atoms with Crippen molar-refractivity contribution in [1.29, 1.82) is 0 Å². The fourth-order valence-electron chi connectivity index (χ4n) is 1.31. The van der Waals surface area contributed by atoms with Gasteiger partial charge < -0.3 is 10.4 Å². The number of nitrogens with one attached hydrogen (secondary N) is 1. The zero-order chi connectivity index (χ0) is 10.1. The number of benzene rings is 1. The Hall–Kier alpha value is -1.84. The molecule has 1 aromatic rings. The van der Waals surface area contributed by atoms with Gasteiger partial charge in [-0.3, -0.25) is 9.79 Å². The topological polar surface area (TPSA) is 61.7 Å². The summed E-state index contributed by atoms with van der Waals surface area (Å²) in [5.74, 6) is 0.584. The minimum absolute atomic E-state index is 0.108. The lowest BCUT2D eigenvalue weighted by molar-refractivity contribution is -0.119. The van der Waals surface area contributed by atoms with Crippen molar-refractivity contribution in [2.75, 3.05) is 0 Å². The third-order valence-electron chi connectivity index (χ3n) is 2.06. The zero-order valence-electron chi connectivity index (χ0n) is 7.69. The van der Waals surface area contributed by atoms with Crippen LogP contribution < -0.4 is 5.32 Å². The van der Waals surface area contributed by atoms with Gasteiger partial charge in [0.05, 0.1) is 0 Å². The van der Waals surface area contributed by atoms with E-state index < -0.39 is 0 Å². The Balaban J connectivity index is 2.33. The molecule has 0 aromatic heterocycles. The number of rotatable bonds is 1. The summed E-state index contributed by atoms with van der Waals surface area (Å²) in [6, 6.07) is 6.30. The lowest BCUT2D eigenvalue weighted by atomic mass is 10.2. The quantitative estimate of drug-likeness (QED) is 0.683. The molecule has 1 unspecified atom stereocenters. The van der Waals surface area contributed by atoms with Gasteiger partial charge in [0.25, 0.3) is 0 Å². The number of carbonyl (C=O) groups is 1. The number of phenols is 1. The standard InChI is InChI=1S/C10H10N2O2/c1-6-10(14)12-9(11-6)7-3-2-4-8(13)5-7/h2-6,13H,1H3,(H,11,12,14). The van der Waals surface area contributed by atoms with Gasteiger partial charge in [-0.2, -0.15) is 0 Å². The molecule has 0 saturated heterocycles. The first-order valence-corrected chi connectivity index (χ1v) is 4.35. The molecule has 0 fully saturated rings. The highest BCUT2D eigenvalue weighted by Gasteiger charge is 2.22. The van der Waals surface area contributed by atoms with Crippen molar-refractivity contribution in [3.8, 4) is 5.75 Å². The summed E-state index contributed by atoms with van der Waals surface area (Å²) in [5.41, 5.74) is 0.725. The van der Waals surface area contributed by atoms with Crippen LogP contribution in [-0.4, -0.2) is 22.9 Å². The lowest BCUT2D eigenvalue weighted by Gasteiger charge is -2.00. The third-order valence-corrected chi connectivity index (χ3v) is 2.06. The van der Waals surface area contributed by atoms with Gasteiger partial charge in [0.2, 0.25) is 5.91 Å². The lowest BCUT2D eigenvalue weighted by Crippen LogP contribution is -2.27. The largest absolute Gasteiger partial charge is 0.508 e. The van der Waals surface area contributed by atoms with E-state index in [9.17, 15) is 9.90 Å². The molecule has 14 heavy (non-hydrogen) atoms. The molecule has 0 spiro atoms. The predicted molar refractivity (Wildman–Crippen MR) is 52.2 cm³/mol. The third kappa shape index (κ3) is 1.46. The Bertz CT molecular complexity index is 412. The summed E-state index contributed by atoms with van der Waals surface area (Å²) in [5, 5.41) is 11.9. The fraction of sp³-hybridized carbons (Fsp3) is 0.200. The van der Waals surface area contributed by atoms with E-state index in [0.717, 1.165) is 5.56 Å². The van der Waals surface area contributed by atoms with Gasteiger partial charge in [0.1, 0.15) is 17.6 Å². The molecule has 72 valence electrons. The Labute approximate surface area is 81.3 Å². The van der Waals surface area contributed by atoms with E-state index in [1.54, 1.807) is 31.2 Å². The van der Waals surface area contributed by atoms with E-state index >= 15 is 0 Å². The summed E-state index contributed by atoms with van der Waals surface area (Å²) >= 11 is 0. The first kappa shape index (κ1) is 8.74. The molecule has 2 N–H and O–H groups in total. The SMILES string of the molecule is CC1N=C(c2cccc(O)c2)NC1=O. The number of phenolic OH excluding ortho intramolecular Hbond substituents is 1. The Kier molecular flexibility index (Phi) is 1.96. The van der Waals surface area contributed by atoms with Crippen LogP contribution in [0.2, 0.25) is 0 Å². The van der Waals surface area contributed by atoms with Gasteiger partial charge in [-0.05, 0) is 19.1 Å². The predicted octanol–water partition coefficient (Wildman–Crippen LogP) is 0.657. The molecule has 4 heteroatoms. The first-order chi connectivity index (χ1) is 6.66. The van der Waals surface area contributed by atoms with Crippen molar-refractivity contribution in [2.24, 2.45) is 4.99 Å². The number of aliphatic imine (C=N–C) groups is 1. The molecule has 4 nitrogen and oxygen atoms in total. The van der Waals surface area contributed by atoms with Crippen LogP contribution in [-0.2, 0) is 4.79 Å². The van der Waals surface area contributed by atoms with Crippen molar-refractivity contribution in [3.63, 3.8) is 0 Å². The molecule has 1 atom stereocenters. The van der Waals surface area contributed by atoms with Crippen molar-refractivity contribution in [1.82, 2.24) is 5.32 Å². The minimum atomic E-state index is -0.340. The second kappa shape index (κ2) is 3.14. The zero-order valence-corrected chi connectivity index (χ0v) is 7.69. The molecule has 0 bridgehead atoms. The number of amidine groups is 1. The maximum atomic E-state index is 11.2. The van der Waals surface area contributed by atoms with E-state index in [-0.39, 0.29) is 17.7 Å². The van der Waals surface area contributed by atoms with E-state index in [0.29, 0.717) is 5.84 Å². The van der Waals surface area contributed by atoms with Crippen molar-refractivity contribution in [2.45, 2.75) is 13.0 Å². The number of amides is 1. The van der Waals surface area contributed by atoms with Gasteiger partial charge >= 0.3 is 0 Å². The van der Waals surface area contributed by atoms with Gasteiger partial charge in [0, 0.05) is 5.56 Å². The van der Waals surface area contributed by atoms with Crippen LogP contribution in [0.15, 0.2) is 29.3 Å². The number of nitrogens with zero attached hydrogens (tertiary/aromatic N) is 1. The van der Waals surface area contributed by atoms with Crippen molar-refractivity contribution < 1.29 is 9.90 Å². The normalized spacial score (nSPS) is 20.5. The molecule has 1 aliphatic heterocycles. The van der Waals surface area contributed by atoms with Gasteiger partial charge in [-0.25, -0.2) is 0 Å². The van der Waals surface area contributed by atoms with Crippen LogP contribution in [0.25, 0.3) is 0 Å². The Morgan fingerprint density at radius 2 is 2.29 bits per heavy atom. The van der Waals surface area contributed by atoms with Crippen LogP contribution in [0, 0.1) is 0 Å². The molecule has 1 heterocycles. The highest BCUT2D eigenvalue weighted by Crippen LogP contribution is 2.13. The highest BCUT2D eigenvalue weighted by atomic mass is 16.3. The van der Waals surface area contributed by atoms with Crippen LogP contribution in [0.3, 0.4) is 0 Å². The van der Waals surface area contributed by atoms with Crippen LogP contribution in [0.4, 0.5) is 0 Å². The monoisotopic (exact) mass is 190 g/mol. The fourth-order valence-corrected chi connectivity index (χ4v) is 1.31. The second-order valence-corrected chi connectivity index (χ2v) is 3.19. The molecule has 1 aliphatic rings. The van der Waals surface area contributed by atoms with Crippen molar-refractivity contribution in [3.05, 3.63) is 29.8 Å². The summed E-state index contributed by atoms with van der Waals surface area (Å²) in [4.78, 5) is 15.3. The number of hydrogen-bond donors (Lipinski definition) is 2. The Morgan fingerprint density at radius 1 is 1.50 bits per heavy atom. The van der Waals surface area contributed by atoms with E-state index in [2.05, 4.69) is 10.3 Å². The second-order valence-electron chi connectivity index (χ2n) is 3.19. The van der Waals surface area contributed by atoms with Crippen molar-refractivity contribution >= 4 is 11.7 Å². The maximum absolute atomic E-state index is 11.2. The molecule has 2 rings (SSSR count). The summed E-state index contributed by atoms with van der Waals surface area (Å²) < 4.78 is 0. The maximum Gasteiger partial charge on any atom is 0.250 e. The molecular weight excluding hydrogens is 180 g/mol. The first-order valence-electron chi connectivity index (χ1n) is 4.35. The van der Waals surface area contributed by atoms with Crippen LogP contribution in [0.5, 0.6) is 5.75 Å².